The number of carbonyl (C=O) groups is 1. The molecule has 0 fully saturated rings. The van der Waals surface area contributed by atoms with Crippen LogP contribution in [0.2, 0.25) is 0 Å². The normalized spacial score (nSPS) is 16.3. The molecule has 0 radical (unpaired) electrons. The number of rotatable bonds is 1. The van der Waals surface area contributed by atoms with E-state index in [0.717, 1.165) is 0 Å². The number of aliphatic imine (C=N–C) groups is 1. The summed E-state index contributed by atoms with van der Waals surface area (Å²) in [7, 11) is 0. The van der Waals surface area contributed by atoms with Gasteiger partial charge in [0.15, 0.2) is 0 Å². The van der Waals surface area contributed by atoms with Crippen LogP contribution in [0, 0.1) is 0 Å². The van der Waals surface area contributed by atoms with Crippen molar-refractivity contribution in [2.45, 2.75) is 6.92 Å². The van der Waals surface area contributed by atoms with Gasteiger partial charge in [-0.1, -0.05) is 0 Å². The molecule has 0 aromatic rings. The molecule has 0 saturated heterocycles. The third-order valence-corrected chi connectivity index (χ3v) is 0.906. The Kier molecular flexibility index (Phi) is 1.67. The number of hydrogen-bond acceptors (Lipinski definition) is 4. The summed E-state index contributed by atoms with van der Waals surface area (Å²) in [6.45, 7) is 2.76. The van der Waals surface area contributed by atoms with Gasteiger partial charge in [-0.05, 0) is 0 Å². The third kappa shape index (κ3) is 1.71. The van der Waals surface area contributed by atoms with Crippen LogP contribution in [0.4, 0.5) is 0 Å². The van der Waals surface area contributed by atoms with E-state index in [1.54, 1.807) is 0 Å². The predicted molar refractivity (Wildman–Crippen MR) is 31.8 cm³/mol. The van der Waals surface area contributed by atoms with Gasteiger partial charge in [-0.2, -0.15) is 5.06 Å². The van der Waals surface area contributed by atoms with Crippen LogP contribution in [0.3, 0.4) is 0 Å². The fourth-order valence-corrected chi connectivity index (χ4v) is 0.597. The topological polar surface area (TPSA) is 41.9 Å². The van der Waals surface area contributed by atoms with E-state index in [1.807, 2.05) is 0 Å². The molecule has 1 aliphatic heterocycles. The maximum absolute atomic E-state index is 10.3. The predicted octanol–water partition coefficient (Wildman–Crippen LogP) is -0.192. The Morgan fingerprint density at radius 1 is 1.89 bits per heavy atom. The summed E-state index contributed by atoms with van der Waals surface area (Å²) in [5, 5.41) is 1.42. The first kappa shape index (κ1) is 6.07. The highest BCUT2D eigenvalue weighted by Gasteiger charge is 2.06. The lowest BCUT2D eigenvalue weighted by atomic mass is 10.7. The Morgan fingerprint density at radius 3 is 3.11 bits per heavy atom. The van der Waals surface area contributed by atoms with E-state index >= 15 is 0 Å². The first-order valence-corrected chi connectivity index (χ1v) is 2.74. The highest BCUT2D eigenvalue weighted by atomic mass is 16.7. The Hall–Kier alpha value is -1.06. The van der Waals surface area contributed by atoms with Crippen molar-refractivity contribution in [2.24, 2.45) is 4.99 Å². The van der Waals surface area contributed by atoms with Crippen molar-refractivity contribution in [3.63, 3.8) is 0 Å². The minimum absolute atomic E-state index is 0.302. The lowest BCUT2D eigenvalue weighted by Gasteiger charge is -2.09. The maximum atomic E-state index is 10.3. The minimum Gasteiger partial charge on any atom is -0.340 e. The van der Waals surface area contributed by atoms with Crippen molar-refractivity contribution < 1.29 is 9.63 Å². The summed E-state index contributed by atoms with van der Waals surface area (Å²) in [6.07, 6.45) is 1.52. The van der Waals surface area contributed by atoms with Crippen molar-refractivity contribution in [3.8, 4) is 0 Å². The van der Waals surface area contributed by atoms with E-state index in [0.29, 0.717) is 13.1 Å². The molecule has 0 aromatic heterocycles. The first-order chi connectivity index (χ1) is 4.29. The molecular weight excluding hydrogens is 120 g/mol. The lowest BCUT2D eigenvalue weighted by Crippen LogP contribution is -2.22. The second kappa shape index (κ2) is 2.48. The molecule has 0 unspecified atom stereocenters. The molecule has 1 rings (SSSR count). The highest BCUT2D eigenvalue weighted by Crippen LogP contribution is 1.93. The maximum Gasteiger partial charge on any atom is 0.329 e. The average molecular weight is 128 g/mol. The Labute approximate surface area is 53.1 Å². The van der Waals surface area contributed by atoms with E-state index < -0.39 is 0 Å². The molecule has 0 aromatic carbocycles. The van der Waals surface area contributed by atoms with E-state index in [2.05, 4.69) is 9.83 Å². The summed E-state index contributed by atoms with van der Waals surface area (Å²) in [6, 6.07) is 0. The Bertz CT molecular complexity index is 144. The third-order valence-electron chi connectivity index (χ3n) is 0.906. The van der Waals surface area contributed by atoms with Gasteiger partial charge in [-0.15, -0.1) is 0 Å². The van der Waals surface area contributed by atoms with E-state index in [9.17, 15) is 4.79 Å². The molecule has 1 heterocycles. The van der Waals surface area contributed by atoms with E-state index in [-0.39, 0.29) is 5.97 Å². The number of carbonyl (C=O) groups excluding carboxylic acids is 1. The average Bonchev–Trinajstić information content (AvgIpc) is 2.15. The molecular formula is C5H8N2O2. The van der Waals surface area contributed by atoms with Crippen LogP contribution in [0.25, 0.3) is 0 Å². The molecule has 9 heavy (non-hydrogen) atoms. The molecule has 0 aliphatic carbocycles. The van der Waals surface area contributed by atoms with Crippen LogP contribution in [0.5, 0.6) is 0 Å². The summed E-state index contributed by atoms with van der Waals surface area (Å²) in [4.78, 5) is 18.8. The molecule has 0 atom stereocenters. The number of hydrogen-bond donors (Lipinski definition) is 0. The molecule has 0 amide bonds. The molecule has 4 heteroatoms. The summed E-state index contributed by atoms with van der Waals surface area (Å²) in [5.74, 6) is -0.302. The van der Waals surface area contributed by atoms with Crippen molar-refractivity contribution >= 4 is 12.3 Å². The molecule has 50 valence electrons. The molecule has 0 saturated carbocycles. The summed E-state index contributed by atoms with van der Waals surface area (Å²) >= 11 is 0. The van der Waals surface area contributed by atoms with Crippen LogP contribution >= 0.6 is 0 Å². The SMILES string of the molecule is CC(=O)ON1C=NCC1. The van der Waals surface area contributed by atoms with Crippen LogP contribution in [-0.2, 0) is 9.63 Å². The second-order valence-corrected chi connectivity index (χ2v) is 1.75. The zero-order valence-electron chi connectivity index (χ0n) is 5.20. The standard InChI is InChI=1S/C5H8N2O2/c1-5(8)9-7-3-2-6-4-7/h4H,2-3H2,1H3. The smallest absolute Gasteiger partial charge is 0.329 e. The van der Waals surface area contributed by atoms with Gasteiger partial charge in [0.2, 0.25) is 0 Å². The summed E-state index contributed by atoms with van der Waals surface area (Å²) in [5.41, 5.74) is 0. The highest BCUT2D eigenvalue weighted by molar-refractivity contribution is 5.68. The fraction of sp³-hybridized carbons (Fsp3) is 0.600. The van der Waals surface area contributed by atoms with Gasteiger partial charge in [-0.3, -0.25) is 9.79 Å². The van der Waals surface area contributed by atoms with E-state index in [4.69, 9.17) is 0 Å². The quantitative estimate of drug-likeness (QED) is 0.491. The van der Waals surface area contributed by atoms with Gasteiger partial charge < -0.3 is 4.84 Å². The molecule has 0 N–H and O–H groups in total. The minimum atomic E-state index is -0.302. The van der Waals surface area contributed by atoms with Crippen LogP contribution in [-0.4, -0.2) is 30.5 Å². The molecule has 0 spiro atoms. The van der Waals surface area contributed by atoms with Crippen molar-refractivity contribution in [2.75, 3.05) is 13.1 Å². The van der Waals surface area contributed by atoms with Gasteiger partial charge in [0.05, 0.1) is 13.1 Å². The Morgan fingerprint density at radius 2 is 2.67 bits per heavy atom. The fourth-order valence-electron chi connectivity index (χ4n) is 0.597. The Balaban J connectivity index is 2.28. The first-order valence-electron chi connectivity index (χ1n) is 2.74. The lowest BCUT2D eigenvalue weighted by molar-refractivity contribution is -0.167. The second-order valence-electron chi connectivity index (χ2n) is 1.75. The summed E-state index contributed by atoms with van der Waals surface area (Å²) < 4.78 is 0. The molecule has 1 aliphatic rings. The van der Waals surface area contributed by atoms with Gasteiger partial charge >= 0.3 is 5.97 Å². The van der Waals surface area contributed by atoms with Crippen molar-refractivity contribution in [1.82, 2.24) is 5.06 Å². The van der Waals surface area contributed by atoms with Gasteiger partial charge in [-0.25, -0.2) is 0 Å². The molecule has 0 bridgehead atoms. The number of hydroxylamine groups is 2. The zero-order valence-corrected chi connectivity index (χ0v) is 5.20. The monoisotopic (exact) mass is 128 g/mol. The molecule has 4 nitrogen and oxygen atoms in total. The van der Waals surface area contributed by atoms with E-state index in [1.165, 1.54) is 18.3 Å². The van der Waals surface area contributed by atoms with Crippen LogP contribution < -0.4 is 0 Å². The van der Waals surface area contributed by atoms with Crippen molar-refractivity contribution in [3.05, 3.63) is 0 Å². The van der Waals surface area contributed by atoms with Gasteiger partial charge in [0, 0.05) is 6.92 Å². The van der Waals surface area contributed by atoms with Crippen molar-refractivity contribution in [1.29, 1.82) is 0 Å². The van der Waals surface area contributed by atoms with Crippen LogP contribution in [0.15, 0.2) is 4.99 Å². The zero-order chi connectivity index (χ0) is 6.69. The van der Waals surface area contributed by atoms with Gasteiger partial charge in [0.1, 0.15) is 6.34 Å². The number of nitrogens with zero attached hydrogens (tertiary/aromatic N) is 2. The van der Waals surface area contributed by atoms with Crippen LogP contribution in [0.1, 0.15) is 6.92 Å². The largest absolute Gasteiger partial charge is 0.340 e. The van der Waals surface area contributed by atoms with Gasteiger partial charge in [0.25, 0.3) is 0 Å².